The molecular formula is C14H15IO5S. The minimum atomic E-state index is -2.86. The molecule has 0 radical (unpaired) electrons. The molecule has 0 aliphatic heterocycles. The lowest BCUT2D eigenvalue weighted by molar-refractivity contribution is -0.597. The predicted molar refractivity (Wildman–Crippen MR) is 74.9 cm³/mol. The quantitative estimate of drug-likeness (QED) is 0.514. The Bertz CT molecular complexity index is 507. The molecule has 5 nitrogen and oxygen atoms in total. The van der Waals surface area contributed by atoms with Crippen molar-refractivity contribution in [2.45, 2.75) is 0 Å². The van der Waals surface area contributed by atoms with E-state index >= 15 is 0 Å². The molecular weight excluding hydrogens is 407 g/mol. The summed E-state index contributed by atoms with van der Waals surface area (Å²) in [4.78, 5) is 0. The Morgan fingerprint density at radius 2 is 1.19 bits per heavy atom. The van der Waals surface area contributed by atoms with Gasteiger partial charge in [-0.25, -0.2) is 4.21 Å². The number of ether oxygens (including phenoxy) is 2. The Morgan fingerprint density at radius 1 is 0.905 bits per heavy atom. The summed E-state index contributed by atoms with van der Waals surface area (Å²) < 4.78 is 37.1. The van der Waals surface area contributed by atoms with Crippen LogP contribution in [-0.2, 0) is 11.4 Å². The Balaban J connectivity index is 0.000000491. The minimum absolute atomic E-state index is 0.119. The second kappa shape index (κ2) is 9.72. The fraction of sp³-hybridized carbons (Fsp3) is 0.143. The monoisotopic (exact) mass is 422 g/mol. The van der Waals surface area contributed by atoms with Crippen molar-refractivity contribution in [3.05, 3.63) is 55.7 Å². The fourth-order valence-electron chi connectivity index (χ4n) is 1.39. The third kappa shape index (κ3) is 7.42. The van der Waals surface area contributed by atoms with Crippen LogP contribution in [0.1, 0.15) is 0 Å². The summed E-state index contributed by atoms with van der Waals surface area (Å²) in [5, 5.41) is 0. The Hall–Kier alpha value is -1.16. The summed E-state index contributed by atoms with van der Waals surface area (Å²) in [5.74, 6) is 1.82. The molecule has 0 saturated heterocycles. The highest BCUT2D eigenvalue weighted by Gasteiger charge is 2.15. The molecule has 2 aromatic carbocycles. The maximum absolute atomic E-state index is 8.56. The third-order valence-corrected chi connectivity index (χ3v) is 5.00. The molecule has 0 fully saturated rings. The predicted octanol–water partition coefficient (Wildman–Crippen LogP) is -0.829. The lowest BCUT2D eigenvalue weighted by Gasteiger charge is -1.97. The third-order valence-electron chi connectivity index (χ3n) is 2.32. The summed E-state index contributed by atoms with van der Waals surface area (Å²) in [5.41, 5.74) is 0. The summed E-state index contributed by atoms with van der Waals surface area (Å²) in [6.07, 6.45) is 0. The molecule has 2 aromatic rings. The molecule has 0 spiro atoms. The van der Waals surface area contributed by atoms with Crippen LogP contribution in [0.4, 0.5) is 0 Å². The van der Waals surface area contributed by atoms with E-state index in [1.54, 1.807) is 14.2 Å². The van der Waals surface area contributed by atoms with E-state index in [0.717, 1.165) is 11.5 Å². The number of hydrogen-bond donors (Lipinski definition) is 1. The number of hydrogen-bond acceptors (Lipinski definition) is 4. The highest BCUT2D eigenvalue weighted by Crippen LogP contribution is 2.07. The first-order chi connectivity index (χ1) is 10.0. The van der Waals surface area contributed by atoms with Gasteiger partial charge in [0.2, 0.25) is 0 Å². The van der Waals surface area contributed by atoms with Crippen molar-refractivity contribution in [1.82, 2.24) is 0 Å². The molecule has 0 heterocycles. The van der Waals surface area contributed by atoms with Crippen LogP contribution in [0, 0.1) is 7.14 Å². The Kier molecular flexibility index (Phi) is 8.28. The van der Waals surface area contributed by atoms with E-state index in [4.69, 9.17) is 22.8 Å². The molecule has 0 amide bonds. The topological polar surface area (TPSA) is 78.8 Å². The molecule has 0 aromatic heterocycles. The molecule has 1 N–H and O–H groups in total. The Labute approximate surface area is 136 Å². The zero-order valence-electron chi connectivity index (χ0n) is 11.5. The van der Waals surface area contributed by atoms with Gasteiger partial charge in [-0.15, -0.1) is 0 Å². The van der Waals surface area contributed by atoms with E-state index in [1.165, 1.54) is 7.14 Å². The number of rotatable bonds is 4. The van der Waals surface area contributed by atoms with Gasteiger partial charge in [0.05, 0.1) is 25.6 Å². The van der Waals surface area contributed by atoms with Crippen molar-refractivity contribution in [1.29, 1.82) is 0 Å². The smallest absolute Gasteiger partial charge is 0.357 e. The van der Waals surface area contributed by atoms with Crippen LogP contribution >= 0.6 is 0 Å². The van der Waals surface area contributed by atoms with Gasteiger partial charge in [0.1, 0.15) is 11.5 Å². The highest BCUT2D eigenvalue weighted by molar-refractivity contribution is 7.73. The fourth-order valence-corrected chi connectivity index (χ4v) is 3.55. The lowest BCUT2D eigenvalue weighted by atomic mass is 10.3. The van der Waals surface area contributed by atoms with Crippen molar-refractivity contribution in [2.24, 2.45) is 0 Å². The van der Waals surface area contributed by atoms with Crippen LogP contribution in [0.15, 0.2) is 48.5 Å². The average molecular weight is 422 g/mol. The molecule has 7 heteroatoms. The number of methoxy groups -OCH3 is 2. The molecule has 0 aliphatic carbocycles. The molecule has 2 rings (SSSR count). The molecule has 1 unspecified atom stereocenters. The highest BCUT2D eigenvalue weighted by atomic mass is 127. The van der Waals surface area contributed by atoms with Crippen molar-refractivity contribution in [3.8, 4) is 11.5 Å². The van der Waals surface area contributed by atoms with Crippen LogP contribution in [0.3, 0.4) is 0 Å². The first kappa shape index (κ1) is 17.9. The van der Waals surface area contributed by atoms with Gasteiger partial charge in [0.15, 0.2) is 7.14 Å². The van der Waals surface area contributed by atoms with Crippen LogP contribution < -0.4 is 30.7 Å². The van der Waals surface area contributed by atoms with Crippen LogP contribution in [0.2, 0.25) is 0 Å². The molecule has 114 valence electrons. The second-order valence-electron chi connectivity index (χ2n) is 3.63. The number of benzene rings is 2. The minimum Gasteiger partial charge on any atom is -0.750 e. The standard InChI is InChI=1S/C14H14IO2.H2O3S/c1-16-13-7-3-11(4-8-13)15-12-5-9-14(17-2)10-6-12;1-4(2)3/h3-10H,1-2H3;(H2,1,2,3)/q+1;/p-1. The van der Waals surface area contributed by atoms with E-state index < -0.39 is 11.4 Å². The zero-order chi connectivity index (χ0) is 15.7. The SMILES string of the molecule is COc1ccc([I+]c2ccc(OC)cc2)cc1.O=S([O-])O. The van der Waals surface area contributed by atoms with Gasteiger partial charge >= 0.3 is 21.2 Å². The average Bonchev–Trinajstić information content (AvgIpc) is 2.48. The Morgan fingerprint density at radius 3 is 1.43 bits per heavy atom. The molecule has 1 atom stereocenters. The maximum Gasteiger partial charge on any atom is 0.357 e. The molecule has 0 aliphatic rings. The second-order valence-corrected chi connectivity index (χ2v) is 7.09. The van der Waals surface area contributed by atoms with Gasteiger partial charge in [-0.2, -0.15) is 0 Å². The van der Waals surface area contributed by atoms with Crippen molar-refractivity contribution >= 4 is 11.4 Å². The first-order valence-corrected chi connectivity index (χ1v) is 8.95. The summed E-state index contributed by atoms with van der Waals surface area (Å²) in [6, 6.07) is 16.6. The van der Waals surface area contributed by atoms with Crippen molar-refractivity contribution in [3.63, 3.8) is 0 Å². The van der Waals surface area contributed by atoms with E-state index in [2.05, 4.69) is 24.3 Å². The van der Waals surface area contributed by atoms with Gasteiger partial charge in [0.25, 0.3) is 0 Å². The summed E-state index contributed by atoms with van der Waals surface area (Å²) in [7, 11) is 3.38. The zero-order valence-corrected chi connectivity index (χ0v) is 14.5. The molecule has 21 heavy (non-hydrogen) atoms. The van der Waals surface area contributed by atoms with Crippen LogP contribution in [0.5, 0.6) is 11.5 Å². The van der Waals surface area contributed by atoms with Gasteiger partial charge < -0.3 is 18.6 Å². The van der Waals surface area contributed by atoms with Gasteiger partial charge in [0, 0.05) is 0 Å². The molecule has 0 saturated carbocycles. The van der Waals surface area contributed by atoms with E-state index in [9.17, 15) is 0 Å². The molecule has 0 bridgehead atoms. The normalized spacial score (nSPS) is 11.0. The lowest BCUT2D eigenvalue weighted by Crippen LogP contribution is -3.61. The van der Waals surface area contributed by atoms with Crippen molar-refractivity contribution < 1.29 is 44.0 Å². The van der Waals surface area contributed by atoms with E-state index in [0.29, 0.717) is 0 Å². The van der Waals surface area contributed by atoms with E-state index in [-0.39, 0.29) is 21.2 Å². The summed E-state index contributed by atoms with van der Waals surface area (Å²) >= 11 is -2.98. The first-order valence-electron chi connectivity index (χ1n) is 5.76. The largest absolute Gasteiger partial charge is 0.750 e. The number of halogens is 1. The van der Waals surface area contributed by atoms with Gasteiger partial charge in [-0.1, -0.05) is 0 Å². The van der Waals surface area contributed by atoms with E-state index in [1.807, 2.05) is 24.3 Å². The van der Waals surface area contributed by atoms with Gasteiger partial charge in [-0.05, 0) is 48.5 Å². The van der Waals surface area contributed by atoms with Gasteiger partial charge in [-0.3, -0.25) is 0 Å². The maximum atomic E-state index is 8.56. The summed E-state index contributed by atoms with van der Waals surface area (Å²) in [6.45, 7) is 0. The van der Waals surface area contributed by atoms with Crippen molar-refractivity contribution in [2.75, 3.05) is 14.2 Å². The van der Waals surface area contributed by atoms with Crippen LogP contribution in [-0.4, -0.2) is 27.5 Å². The van der Waals surface area contributed by atoms with Crippen LogP contribution in [0.25, 0.3) is 0 Å².